The first-order valence-corrected chi connectivity index (χ1v) is 14.1. The molecule has 0 aromatic heterocycles. The third-order valence-corrected chi connectivity index (χ3v) is 14.6. The van der Waals surface area contributed by atoms with Gasteiger partial charge in [-0.05, 0) is 157 Å². The van der Waals surface area contributed by atoms with Crippen LogP contribution in [0.4, 0.5) is 0 Å². The summed E-state index contributed by atoms with van der Waals surface area (Å²) in [5.74, 6) is 0. The Morgan fingerprint density at radius 3 is 1.74 bits per heavy atom. The molecule has 0 heterocycles. The van der Waals surface area contributed by atoms with Crippen LogP contribution >= 0.6 is 127 Å². The minimum Gasteiger partial charge on any atom is -0.395 e. The van der Waals surface area contributed by atoms with E-state index in [9.17, 15) is 5.11 Å². The van der Waals surface area contributed by atoms with Gasteiger partial charge in [0.1, 0.15) is 0 Å². The Labute approximate surface area is 225 Å². The summed E-state index contributed by atoms with van der Waals surface area (Å²) in [6, 6.07) is 2.14. The number of fused-ring (bicyclic) bond motifs is 1. The van der Waals surface area contributed by atoms with Crippen LogP contribution in [0, 0.1) is 0 Å². The van der Waals surface area contributed by atoms with Crippen molar-refractivity contribution in [3.63, 3.8) is 0 Å². The lowest BCUT2D eigenvalue weighted by molar-refractivity contribution is 0.193. The second kappa shape index (κ2) is 8.30. The Balaban J connectivity index is 2.47. The summed E-state index contributed by atoms with van der Waals surface area (Å²) in [5.41, 5.74) is 2.71. The zero-order valence-electron chi connectivity index (χ0n) is 14.0. The SMILES string of the molecule is CC1(CO)CC(C)(c2cc(Br)c(Br)c(Br)c2Br)c2c(Br)c(Br)c(Br)c(Br)c21. The van der Waals surface area contributed by atoms with E-state index in [1.165, 1.54) is 5.56 Å². The maximum atomic E-state index is 10.3. The van der Waals surface area contributed by atoms with E-state index >= 15 is 0 Å². The molecule has 0 fully saturated rings. The van der Waals surface area contributed by atoms with Crippen molar-refractivity contribution in [2.75, 3.05) is 6.61 Å². The Kier molecular flexibility index (Phi) is 7.35. The topological polar surface area (TPSA) is 20.2 Å². The van der Waals surface area contributed by atoms with Gasteiger partial charge in [-0.3, -0.25) is 0 Å². The summed E-state index contributed by atoms with van der Waals surface area (Å²) >= 11 is 29.7. The number of hydrogen-bond donors (Lipinski definition) is 1. The van der Waals surface area contributed by atoms with Gasteiger partial charge in [0.25, 0.3) is 0 Å². The van der Waals surface area contributed by atoms with Crippen LogP contribution in [0.5, 0.6) is 0 Å². The van der Waals surface area contributed by atoms with E-state index in [0.717, 1.165) is 53.3 Å². The van der Waals surface area contributed by atoms with Gasteiger partial charge >= 0.3 is 0 Å². The molecule has 0 spiro atoms. The average molecular weight is 884 g/mol. The van der Waals surface area contributed by atoms with E-state index in [2.05, 4.69) is 147 Å². The standard InChI is InChI=1S/C18H12Br8O/c1-17(5-27)4-18(2,6-3-7(19)11(21)14(24)10(6)20)9-8(17)12(22)15(25)16(26)13(9)23/h3,27H,4-5H2,1-2H3. The molecule has 0 radical (unpaired) electrons. The van der Waals surface area contributed by atoms with Crippen molar-refractivity contribution in [3.05, 3.63) is 58.5 Å². The molecule has 0 bridgehead atoms. The molecule has 2 aromatic rings. The molecule has 2 unspecified atom stereocenters. The van der Waals surface area contributed by atoms with Gasteiger partial charge in [-0.2, -0.15) is 0 Å². The summed E-state index contributed by atoms with van der Waals surface area (Å²) in [4.78, 5) is 0. The third kappa shape index (κ3) is 3.62. The summed E-state index contributed by atoms with van der Waals surface area (Å²) in [6.07, 6.45) is 0.769. The van der Waals surface area contributed by atoms with Crippen molar-refractivity contribution in [2.45, 2.75) is 31.1 Å². The maximum Gasteiger partial charge on any atom is 0.0526 e. The van der Waals surface area contributed by atoms with E-state index in [0.29, 0.717) is 0 Å². The zero-order chi connectivity index (χ0) is 20.5. The molecule has 1 nitrogen and oxygen atoms in total. The molecule has 146 valence electrons. The lowest BCUT2D eigenvalue weighted by atomic mass is 9.75. The van der Waals surface area contributed by atoms with Crippen molar-refractivity contribution in [1.82, 2.24) is 0 Å². The molecule has 2 atom stereocenters. The van der Waals surface area contributed by atoms with Crippen molar-refractivity contribution >= 4 is 127 Å². The Morgan fingerprint density at radius 1 is 0.741 bits per heavy atom. The molecule has 27 heavy (non-hydrogen) atoms. The summed E-state index contributed by atoms with van der Waals surface area (Å²) in [6.45, 7) is 4.41. The molecule has 1 N–H and O–H groups in total. The predicted octanol–water partition coefficient (Wildman–Crippen LogP) is 9.75. The van der Waals surface area contributed by atoms with Gasteiger partial charge in [-0.25, -0.2) is 0 Å². The van der Waals surface area contributed by atoms with Gasteiger partial charge in [0.2, 0.25) is 0 Å². The highest BCUT2D eigenvalue weighted by atomic mass is 79.9. The monoisotopic (exact) mass is 875 g/mol. The van der Waals surface area contributed by atoms with E-state index in [-0.39, 0.29) is 17.4 Å². The van der Waals surface area contributed by atoms with Crippen LogP contribution in [0.1, 0.15) is 37.0 Å². The summed E-state index contributed by atoms with van der Waals surface area (Å²) < 4.78 is 7.74. The molecule has 0 aliphatic heterocycles. The van der Waals surface area contributed by atoms with Gasteiger partial charge in [-0.15, -0.1) is 0 Å². The van der Waals surface area contributed by atoms with Crippen LogP contribution in [-0.2, 0) is 10.8 Å². The van der Waals surface area contributed by atoms with E-state index in [4.69, 9.17) is 0 Å². The minimum absolute atomic E-state index is 0.0607. The van der Waals surface area contributed by atoms with E-state index in [1.54, 1.807) is 0 Å². The van der Waals surface area contributed by atoms with Crippen molar-refractivity contribution in [1.29, 1.82) is 0 Å². The van der Waals surface area contributed by atoms with Gasteiger partial charge in [0.05, 0.1) is 6.61 Å². The predicted molar refractivity (Wildman–Crippen MR) is 140 cm³/mol. The second-order valence-corrected chi connectivity index (χ2v) is 13.5. The Bertz CT molecular complexity index is 973. The van der Waals surface area contributed by atoms with Crippen LogP contribution < -0.4 is 0 Å². The fourth-order valence-corrected chi connectivity index (χ4v) is 9.50. The molecule has 9 heteroatoms. The normalized spacial score (nSPS) is 24.4. The first-order chi connectivity index (χ1) is 12.4. The van der Waals surface area contributed by atoms with Gasteiger partial charge in [0, 0.05) is 46.6 Å². The van der Waals surface area contributed by atoms with Crippen LogP contribution in [0.15, 0.2) is 41.8 Å². The number of hydrogen-bond acceptors (Lipinski definition) is 1. The van der Waals surface area contributed by atoms with Crippen LogP contribution in [0.2, 0.25) is 0 Å². The highest BCUT2D eigenvalue weighted by Crippen LogP contribution is 2.61. The van der Waals surface area contributed by atoms with Gasteiger partial charge in [0.15, 0.2) is 0 Å². The molecule has 2 aromatic carbocycles. The van der Waals surface area contributed by atoms with E-state index in [1.807, 2.05) is 0 Å². The summed E-state index contributed by atoms with van der Waals surface area (Å²) in [7, 11) is 0. The molecule has 3 rings (SSSR count). The number of aliphatic hydroxyl groups is 1. The van der Waals surface area contributed by atoms with Crippen molar-refractivity contribution < 1.29 is 5.11 Å². The van der Waals surface area contributed by atoms with Gasteiger partial charge < -0.3 is 5.11 Å². The number of aliphatic hydroxyl groups excluding tert-OH is 1. The van der Waals surface area contributed by atoms with Crippen LogP contribution in [0.25, 0.3) is 0 Å². The molecule has 1 aliphatic carbocycles. The fourth-order valence-electron chi connectivity index (χ4n) is 4.01. The smallest absolute Gasteiger partial charge is 0.0526 e. The lowest BCUT2D eigenvalue weighted by Gasteiger charge is -2.31. The van der Waals surface area contributed by atoms with Gasteiger partial charge in [-0.1, -0.05) is 13.8 Å². The largest absolute Gasteiger partial charge is 0.395 e. The van der Waals surface area contributed by atoms with Crippen LogP contribution in [0.3, 0.4) is 0 Å². The number of benzene rings is 2. The molecule has 1 aliphatic rings. The second-order valence-electron chi connectivity index (χ2n) is 7.08. The number of rotatable bonds is 2. The summed E-state index contributed by atoms with van der Waals surface area (Å²) in [5, 5.41) is 10.3. The number of halogens is 8. The van der Waals surface area contributed by atoms with Crippen molar-refractivity contribution in [3.8, 4) is 0 Å². The molecule has 0 amide bonds. The first kappa shape index (κ1) is 23.9. The third-order valence-electron chi connectivity index (χ3n) is 5.21. The maximum absolute atomic E-state index is 10.3. The Hall–Kier alpha value is 2.24. The lowest BCUT2D eigenvalue weighted by Crippen LogP contribution is -2.29. The average Bonchev–Trinajstić information content (AvgIpc) is 2.88. The molecular weight excluding hydrogens is 871 g/mol. The highest BCUT2D eigenvalue weighted by molar-refractivity contribution is 9.15. The Morgan fingerprint density at radius 2 is 1.22 bits per heavy atom. The van der Waals surface area contributed by atoms with Crippen LogP contribution in [-0.4, -0.2) is 11.7 Å². The van der Waals surface area contributed by atoms with E-state index < -0.39 is 0 Å². The molecule has 0 saturated carbocycles. The quantitative estimate of drug-likeness (QED) is 0.236. The zero-order valence-corrected chi connectivity index (χ0v) is 26.7. The molecule has 0 saturated heterocycles. The first-order valence-electron chi connectivity index (χ1n) is 7.72. The molecular formula is C18H12Br8O. The van der Waals surface area contributed by atoms with Crippen molar-refractivity contribution in [2.24, 2.45) is 0 Å². The fraction of sp³-hybridized carbons (Fsp3) is 0.333. The highest BCUT2D eigenvalue weighted by Gasteiger charge is 2.52. The minimum atomic E-state index is -0.389.